The third-order valence-electron chi connectivity index (χ3n) is 3.39. The molecule has 11 heavy (non-hydrogen) atoms. The summed E-state index contributed by atoms with van der Waals surface area (Å²) < 4.78 is 0. The molecule has 2 aliphatic carbocycles. The second kappa shape index (κ2) is 2.03. The summed E-state index contributed by atoms with van der Waals surface area (Å²) in [6.45, 7) is 0. The molecule has 0 spiro atoms. The zero-order chi connectivity index (χ0) is 7.42. The number of Topliss-reactive ketones (excluding diaryl/α,β-unsaturated/α-hetero) is 1. The van der Waals surface area contributed by atoms with Gasteiger partial charge in [0.25, 0.3) is 0 Å². The summed E-state index contributed by atoms with van der Waals surface area (Å²) in [7, 11) is 0. The van der Waals surface area contributed by atoms with E-state index in [9.17, 15) is 4.79 Å². The Morgan fingerprint density at radius 1 is 1.18 bits per heavy atom. The van der Waals surface area contributed by atoms with Gasteiger partial charge in [0.1, 0.15) is 5.78 Å². The Morgan fingerprint density at radius 3 is 2.82 bits per heavy atom. The molecule has 0 aromatic rings. The fourth-order valence-electron chi connectivity index (χ4n) is 2.95. The first kappa shape index (κ1) is 6.53. The van der Waals surface area contributed by atoms with Crippen LogP contribution in [0.5, 0.6) is 0 Å². The van der Waals surface area contributed by atoms with Crippen molar-refractivity contribution >= 4 is 17.5 Å². The van der Waals surface area contributed by atoms with Gasteiger partial charge < -0.3 is 0 Å². The molecule has 0 unspecified atom stereocenters. The van der Waals surface area contributed by atoms with Crippen molar-refractivity contribution < 1.29 is 4.79 Å². The topological polar surface area (TPSA) is 17.1 Å². The van der Waals surface area contributed by atoms with Crippen molar-refractivity contribution in [3.05, 3.63) is 0 Å². The van der Waals surface area contributed by atoms with Crippen molar-refractivity contribution in [1.82, 2.24) is 0 Å². The smallest absolute Gasteiger partial charge is 0.148 e. The van der Waals surface area contributed by atoms with Crippen LogP contribution in [0.4, 0.5) is 0 Å². The lowest BCUT2D eigenvalue weighted by Crippen LogP contribution is -2.47. The van der Waals surface area contributed by atoms with Crippen LogP contribution in [0.1, 0.15) is 25.7 Å². The predicted molar refractivity (Wildman–Crippen MR) is 45.6 cm³/mol. The van der Waals surface area contributed by atoms with E-state index in [0.717, 1.165) is 11.2 Å². The summed E-state index contributed by atoms with van der Waals surface area (Å²) in [6, 6.07) is 0. The molecule has 2 saturated heterocycles. The van der Waals surface area contributed by atoms with Crippen LogP contribution in [0.3, 0.4) is 0 Å². The molecule has 0 aromatic heterocycles. The Hall–Kier alpha value is 0.0200. The average Bonchev–Trinajstić information content (AvgIpc) is 1.98. The van der Waals surface area contributed by atoms with Gasteiger partial charge in [0, 0.05) is 11.2 Å². The van der Waals surface area contributed by atoms with E-state index in [1.54, 1.807) is 0 Å². The van der Waals surface area contributed by atoms with Crippen LogP contribution in [0.25, 0.3) is 0 Å². The molecular weight excluding hydrogens is 156 g/mol. The molecule has 4 bridgehead atoms. The second-order valence-corrected chi connectivity index (χ2v) is 5.66. The van der Waals surface area contributed by atoms with Crippen LogP contribution >= 0.6 is 11.8 Å². The van der Waals surface area contributed by atoms with Gasteiger partial charge in [-0.05, 0) is 31.6 Å². The molecule has 60 valence electrons. The van der Waals surface area contributed by atoms with Gasteiger partial charge in [-0.1, -0.05) is 0 Å². The minimum absolute atomic E-state index is 0.422. The Balaban J connectivity index is 1.96. The Bertz CT molecular complexity index is 182. The van der Waals surface area contributed by atoms with E-state index in [1.807, 2.05) is 11.8 Å². The van der Waals surface area contributed by atoms with Crippen LogP contribution < -0.4 is 0 Å². The molecule has 4 rings (SSSR count). The largest absolute Gasteiger partial charge is 0.298 e. The van der Waals surface area contributed by atoms with Gasteiger partial charge in [-0.25, -0.2) is 0 Å². The van der Waals surface area contributed by atoms with Crippen molar-refractivity contribution in [2.45, 2.75) is 36.2 Å². The van der Waals surface area contributed by atoms with Crippen molar-refractivity contribution in [2.75, 3.05) is 0 Å². The van der Waals surface area contributed by atoms with Gasteiger partial charge in [-0.2, -0.15) is 0 Å². The summed E-state index contributed by atoms with van der Waals surface area (Å²) in [5.74, 6) is 1.99. The van der Waals surface area contributed by atoms with Crippen molar-refractivity contribution in [3.8, 4) is 0 Å². The molecule has 0 N–H and O–H groups in total. The van der Waals surface area contributed by atoms with Crippen LogP contribution in [-0.4, -0.2) is 16.3 Å². The molecule has 4 fully saturated rings. The maximum atomic E-state index is 11.6. The molecule has 2 heterocycles. The van der Waals surface area contributed by atoms with Gasteiger partial charge in [0.05, 0.1) is 5.25 Å². The number of rotatable bonds is 0. The molecular formula is C9H12OS. The van der Waals surface area contributed by atoms with E-state index in [1.165, 1.54) is 25.7 Å². The SMILES string of the molecule is O=C1[C@@H]2C[C@H]3C[C@@H](C2)S[C@@H]1C3. The first-order valence-corrected chi connectivity index (χ1v) is 5.46. The minimum atomic E-state index is 0.422. The number of carbonyl (C=O) groups is 1. The first-order chi connectivity index (χ1) is 5.33. The molecule has 2 heteroatoms. The highest BCUT2D eigenvalue weighted by Gasteiger charge is 2.47. The third-order valence-corrected chi connectivity index (χ3v) is 4.91. The Labute approximate surface area is 70.9 Å². The third kappa shape index (κ3) is 0.821. The quantitative estimate of drug-likeness (QED) is 0.549. The standard InChI is InChI=1S/C9H12OS/c10-9-6-1-5-2-7(4-6)11-8(9)3-5/h5-8H,1-4H2/t5-,6+,7-,8+/m0/s1. The number of ketones is 1. The second-order valence-electron chi connectivity index (χ2n) is 4.15. The van der Waals surface area contributed by atoms with Gasteiger partial charge in [0.2, 0.25) is 0 Å². The molecule has 4 aliphatic rings. The molecule has 1 nitrogen and oxygen atoms in total. The van der Waals surface area contributed by atoms with E-state index >= 15 is 0 Å². The highest BCUT2D eigenvalue weighted by Crippen LogP contribution is 2.52. The van der Waals surface area contributed by atoms with Gasteiger partial charge in [-0.3, -0.25) is 4.79 Å². The zero-order valence-corrected chi connectivity index (χ0v) is 7.27. The highest BCUT2D eigenvalue weighted by atomic mass is 32.2. The maximum Gasteiger partial charge on any atom is 0.148 e. The van der Waals surface area contributed by atoms with Crippen LogP contribution in [0.15, 0.2) is 0 Å². The van der Waals surface area contributed by atoms with Crippen molar-refractivity contribution in [1.29, 1.82) is 0 Å². The Kier molecular flexibility index (Phi) is 1.21. The summed E-state index contributed by atoms with van der Waals surface area (Å²) in [4.78, 5) is 11.6. The van der Waals surface area contributed by atoms with Crippen LogP contribution in [0, 0.1) is 11.8 Å². The van der Waals surface area contributed by atoms with Gasteiger partial charge in [0.15, 0.2) is 0 Å². The molecule has 0 aromatic carbocycles. The molecule has 0 radical (unpaired) electrons. The lowest BCUT2D eigenvalue weighted by Gasteiger charge is -2.47. The summed E-state index contributed by atoms with van der Waals surface area (Å²) in [5, 5.41) is 1.28. The van der Waals surface area contributed by atoms with Crippen molar-refractivity contribution in [3.63, 3.8) is 0 Å². The van der Waals surface area contributed by atoms with E-state index in [4.69, 9.17) is 0 Å². The van der Waals surface area contributed by atoms with Gasteiger partial charge >= 0.3 is 0 Å². The summed E-state index contributed by atoms with van der Waals surface area (Å²) >= 11 is 1.97. The predicted octanol–water partition coefficient (Wildman–Crippen LogP) is 1.86. The molecule has 0 amide bonds. The van der Waals surface area contributed by atoms with E-state index in [-0.39, 0.29) is 0 Å². The normalized spacial score (nSPS) is 53.6. The molecule has 2 saturated carbocycles. The highest BCUT2D eigenvalue weighted by molar-refractivity contribution is 8.01. The fourth-order valence-corrected chi connectivity index (χ4v) is 4.85. The number of hydrogen-bond acceptors (Lipinski definition) is 2. The number of hydrogen-bond donors (Lipinski definition) is 0. The first-order valence-electron chi connectivity index (χ1n) is 4.52. The summed E-state index contributed by atoms with van der Waals surface area (Å²) in [5.41, 5.74) is 0. The Morgan fingerprint density at radius 2 is 2.09 bits per heavy atom. The fraction of sp³-hybridized carbons (Fsp3) is 0.889. The van der Waals surface area contributed by atoms with Gasteiger partial charge in [-0.15, -0.1) is 11.8 Å². The number of thioether (sulfide) groups is 1. The molecule has 2 aliphatic heterocycles. The van der Waals surface area contributed by atoms with E-state index in [2.05, 4.69) is 0 Å². The number of carbonyl (C=O) groups excluding carboxylic acids is 1. The lowest BCUT2D eigenvalue weighted by molar-refractivity contribution is -0.127. The van der Waals surface area contributed by atoms with Crippen LogP contribution in [-0.2, 0) is 4.79 Å². The van der Waals surface area contributed by atoms with E-state index < -0.39 is 0 Å². The minimum Gasteiger partial charge on any atom is -0.298 e. The summed E-state index contributed by atoms with van der Waals surface area (Å²) in [6.07, 6.45) is 5.05. The van der Waals surface area contributed by atoms with Crippen LogP contribution in [0.2, 0.25) is 0 Å². The lowest BCUT2D eigenvalue weighted by atomic mass is 9.70. The maximum absolute atomic E-state index is 11.6. The monoisotopic (exact) mass is 168 g/mol. The van der Waals surface area contributed by atoms with Crippen molar-refractivity contribution in [2.24, 2.45) is 11.8 Å². The average molecular weight is 168 g/mol. The van der Waals surface area contributed by atoms with E-state index in [0.29, 0.717) is 17.0 Å². The zero-order valence-electron chi connectivity index (χ0n) is 6.45. The molecule has 4 atom stereocenters.